The van der Waals surface area contributed by atoms with E-state index >= 15 is 0 Å². The molecular formula is C14H11BrF2O. The van der Waals surface area contributed by atoms with Crippen molar-refractivity contribution >= 4 is 15.9 Å². The first-order valence-electron chi connectivity index (χ1n) is 5.44. The molecule has 2 aromatic carbocycles. The van der Waals surface area contributed by atoms with Crippen LogP contribution < -0.4 is 0 Å². The molecule has 0 aliphatic rings. The number of halogens is 3. The third-order valence-electron chi connectivity index (χ3n) is 2.66. The van der Waals surface area contributed by atoms with Gasteiger partial charge in [0.05, 0.1) is 6.10 Å². The molecule has 0 aliphatic carbocycles. The third-order valence-corrected chi connectivity index (χ3v) is 3.16. The number of aliphatic hydroxyl groups is 1. The van der Waals surface area contributed by atoms with E-state index in [1.165, 1.54) is 12.1 Å². The monoisotopic (exact) mass is 312 g/mol. The summed E-state index contributed by atoms with van der Waals surface area (Å²) in [6.07, 6.45) is -0.704. The molecule has 1 N–H and O–H groups in total. The fourth-order valence-corrected chi connectivity index (χ4v) is 2.14. The highest BCUT2D eigenvalue weighted by molar-refractivity contribution is 9.10. The van der Waals surface area contributed by atoms with E-state index in [0.717, 1.165) is 10.5 Å². The van der Waals surface area contributed by atoms with Crippen molar-refractivity contribution in [3.05, 3.63) is 69.7 Å². The molecule has 1 nitrogen and oxygen atoms in total. The molecule has 0 radical (unpaired) electrons. The lowest BCUT2D eigenvalue weighted by Crippen LogP contribution is -2.03. The highest BCUT2D eigenvalue weighted by atomic mass is 79.9. The van der Waals surface area contributed by atoms with Crippen molar-refractivity contribution in [2.24, 2.45) is 0 Å². The number of aliphatic hydroxyl groups excluding tert-OH is 1. The molecule has 0 fully saturated rings. The van der Waals surface area contributed by atoms with Gasteiger partial charge in [-0.15, -0.1) is 0 Å². The van der Waals surface area contributed by atoms with Crippen molar-refractivity contribution in [1.82, 2.24) is 0 Å². The van der Waals surface area contributed by atoms with Crippen molar-refractivity contribution in [2.75, 3.05) is 0 Å². The fraction of sp³-hybridized carbons (Fsp3) is 0.143. The molecule has 18 heavy (non-hydrogen) atoms. The van der Waals surface area contributed by atoms with E-state index in [9.17, 15) is 13.9 Å². The average Bonchev–Trinajstić information content (AvgIpc) is 2.32. The van der Waals surface area contributed by atoms with Crippen LogP contribution >= 0.6 is 15.9 Å². The first-order chi connectivity index (χ1) is 8.56. The molecule has 0 aliphatic heterocycles. The molecule has 2 aromatic rings. The summed E-state index contributed by atoms with van der Waals surface area (Å²) in [5, 5.41) is 10.0. The fourth-order valence-electron chi connectivity index (χ4n) is 1.73. The van der Waals surface area contributed by atoms with E-state index < -0.39 is 17.7 Å². The maximum Gasteiger partial charge on any atom is 0.129 e. The summed E-state index contributed by atoms with van der Waals surface area (Å²) in [7, 11) is 0. The molecule has 1 atom stereocenters. The SMILES string of the molecule is OC(Cc1ccc(F)cc1F)c1cccc(Br)c1. The zero-order chi connectivity index (χ0) is 13.1. The second kappa shape index (κ2) is 5.59. The van der Waals surface area contributed by atoms with Crippen molar-refractivity contribution in [1.29, 1.82) is 0 Å². The summed E-state index contributed by atoms with van der Waals surface area (Å²) >= 11 is 3.31. The van der Waals surface area contributed by atoms with Crippen LogP contribution in [0.25, 0.3) is 0 Å². The summed E-state index contributed by atoms with van der Waals surface area (Å²) in [5.74, 6) is -1.25. The molecule has 0 heterocycles. The van der Waals surface area contributed by atoms with Crippen LogP contribution in [0.2, 0.25) is 0 Å². The van der Waals surface area contributed by atoms with Gasteiger partial charge < -0.3 is 5.11 Å². The molecule has 4 heteroatoms. The summed E-state index contributed by atoms with van der Waals surface area (Å²) < 4.78 is 27.0. The van der Waals surface area contributed by atoms with Crippen LogP contribution in [0.3, 0.4) is 0 Å². The van der Waals surface area contributed by atoms with Crippen LogP contribution in [-0.4, -0.2) is 5.11 Å². The van der Waals surface area contributed by atoms with Gasteiger partial charge in [-0.25, -0.2) is 8.78 Å². The second-order valence-corrected chi connectivity index (χ2v) is 4.93. The molecule has 0 saturated carbocycles. The summed E-state index contributed by atoms with van der Waals surface area (Å²) in [4.78, 5) is 0. The quantitative estimate of drug-likeness (QED) is 0.908. The van der Waals surface area contributed by atoms with Crippen LogP contribution in [0.15, 0.2) is 46.9 Å². The first-order valence-corrected chi connectivity index (χ1v) is 6.23. The minimum Gasteiger partial charge on any atom is -0.388 e. The van der Waals surface area contributed by atoms with Crippen LogP contribution in [0.5, 0.6) is 0 Å². The average molecular weight is 313 g/mol. The highest BCUT2D eigenvalue weighted by Crippen LogP contribution is 2.23. The molecule has 94 valence electrons. The molecule has 1 unspecified atom stereocenters. The van der Waals surface area contributed by atoms with Gasteiger partial charge in [-0.2, -0.15) is 0 Å². The first kappa shape index (κ1) is 13.2. The predicted molar refractivity (Wildman–Crippen MR) is 69.2 cm³/mol. The second-order valence-electron chi connectivity index (χ2n) is 4.01. The van der Waals surface area contributed by atoms with Gasteiger partial charge >= 0.3 is 0 Å². The van der Waals surface area contributed by atoms with Gasteiger partial charge in [0, 0.05) is 17.0 Å². The lowest BCUT2D eigenvalue weighted by Gasteiger charge is -2.12. The van der Waals surface area contributed by atoms with E-state index in [2.05, 4.69) is 15.9 Å². The lowest BCUT2D eigenvalue weighted by molar-refractivity contribution is 0.177. The van der Waals surface area contributed by atoms with Crippen LogP contribution in [0.4, 0.5) is 8.78 Å². The van der Waals surface area contributed by atoms with Crippen molar-refractivity contribution in [3.8, 4) is 0 Å². The minimum absolute atomic E-state index is 0.114. The van der Waals surface area contributed by atoms with Gasteiger partial charge in [-0.1, -0.05) is 34.1 Å². The molecular weight excluding hydrogens is 302 g/mol. The Balaban J connectivity index is 2.18. The predicted octanol–water partition coefficient (Wildman–Crippen LogP) is 4.00. The number of hydrogen-bond acceptors (Lipinski definition) is 1. The Morgan fingerprint density at radius 3 is 2.56 bits per heavy atom. The smallest absolute Gasteiger partial charge is 0.129 e. The topological polar surface area (TPSA) is 20.2 Å². The van der Waals surface area contributed by atoms with Crippen molar-refractivity contribution in [3.63, 3.8) is 0 Å². The lowest BCUT2D eigenvalue weighted by atomic mass is 10.0. The number of rotatable bonds is 3. The largest absolute Gasteiger partial charge is 0.388 e. The Morgan fingerprint density at radius 1 is 1.11 bits per heavy atom. The minimum atomic E-state index is -0.817. The Hall–Kier alpha value is -1.26. The standard InChI is InChI=1S/C14H11BrF2O/c15-11-3-1-2-10(6-11)14(18)7-9-4-5-12(16)8-13(9)17/h1-6,8,14,18H,7H2. The normalized spacial score (nSPS) is 12.4. The van der Waals surface area contributed by atoms with Gasteiger partial charge in [0.25, 0.3) is 0 Å². The molecule has 0 spiro atoms. The van der Waals surface area contributed by atoms with E-state index in [-0.39, 0.29) is 6.42 Å². The molecule has 2 rings (SSSR count). The molecule has 0 amide bonds. The van der Waals surface area contributed by atoms with E-state index in [0.29, 0.717) is 11.1 Å². The highest BCUT2D eigenvalue weighted by Gasteiger charge is 2.12. The zero-order valence-corrected chi connectivity index (χ0v) is 11.0. The van der Waals surface area contributed by atoms with Gasteiger partial charge in [0.15, 0.2) is 0 Å². The number of benzene rings is 2. The van der Waals surface area contributed by atoms with Crippen molar-refractivity contribution in [2.45, 2.75) is 12.5 Å². The van der Waals surface area contributed by atoms with E-state index in [1.54, 1.807) is 18.2 Å². The van der Waals surface area contributed by atoms with Crippen LogP contribution in [0.1, 0.15) is 17.2 Å². The molecule has 0 aromatic heterocycles. The Morgan fingerprint density at radius 2 is 1.89 bits per heavy atom. The summed E-state index contributed by atoms with van der Waals surface area (Å²) in [6.45, 7) is 0. The maximum atomic E-state index is 13.4. The van der Waals surface area contributed by atoms with Gasteiger partial charge in [-0.3, -0.25) is 0 Å². The Bertz CT molecular complexity index is 557. The van der Waals surface area contributed by atoms with Crippen molar-refractivity contribution < 1.29 is 13.9 Å². The van der Waals surface area contributed by atoms with Gasteiger partial charge in [0.1, 0.15) is 11.6 Å². The molecule has 0 saturated heterocycles. The van der Waals surface area contributed by atoms with Gasteiger partial charge in [0.2, 0.25) is 0 Å². The van der Waals surface area contributed by atoms with Crippen LogP contribution in [-0.2, 0) is 6.42 Å². The maximum absolute atomic E-state index is 13.4. The van der Waals surface area contributed by atoms with Gasteiger partial charge in [-0.05, 0) is 29.3 Å². The third kappa shape index (κ3) is 3.15. The summed E-state index contributed by atoms with van der Waals surface area (Å²) in [6, 6.07) is 10.5. The Labute approximate surface area is 112 Å². The van der Waals surface area contributed by atoms with E-state index in [1.807, 2.05) is 6.07 Å². The zero-order valence-electron chi connectivity index (χ0n) is 9.41. The summed E-state index contributed by atoms with van der Waals surface area (Å²) in [5.41, 5.74) is 0.983. The Kier molecular flexibility index (Phi) is 4.09. The molecule has 0 bridgehead atoms. The van der Waals surface area contributed by atoms with E-state index in [4.69, 9.17) is 0 Å². The van der Waals surface area contributed by atoms with Crippen LogP contribution in [0, 0.1) is 11.6 Å². The number of hydrogen-bond donors (Lipinski definition) is 1.